The molecule has 6 heteroatoms. The summed E-state index contributed by atoms with van der Waals surface area (Å²) in [6.45, 7) is 2.52. The van der Waals surface area contributed by atoms with E-state index in [1.807, 2.05) is 48.5 Å². The van der Waals surface area contributed by atoms with Crippen LogP contribution in [0.3, 0.4) is 0 Å². The Hall–Kier alpha value is -1.75. The van der Waals surface area contributed by atoms with Gasteiger partial charge in [0.05, 0.1) is 0 Å². The van der Waals surface area contributed by atoms with Crippen LogP contribution in [-0.4, -0.2) is 19.0 Å². The summed E-state index contributed by atoms with van der Waals surface area (Å²) in [6.07, 6.45) is 3.23. The van der Waals surface area contributed by atoms with Gasteiger partial charge in [-0.05, 0) is 67.6 Å². The van der Waals surface area contributed by atoms with Crippen molar-refractivity contribution in [3.63, 3.8) is 0 Å². The molecule has 1 aliphatic carbocycles. The molecule has 1 saturated heterocycles. The van der Waals surface area contributed by atoms with E-state index in [1.165, 1.54) is 0 Å². The average Bonchev–Trinajstić information content (AvgIpc) is 3.35. The number of halogens is 2. The molecule has 2 fully saturated rings. The number of anilines is 1. The molecule has 1 saturated carbocycles. The fraction of sp³-hybridized carbons (Fsp3) is 0.381. The van der Waals surface area contributed by atoms with Crippen molar-refractivity contribution in [3.05, 3.63) is 59.1 Å². The Bertz CT molecular complexity index is 789. The summed E-state index contributed by atoms with van der Waals surface area (Å²) in [6, 6.07) is 15.2. The Morgan fingerprint density at radius 2 is 1.93 bits per heavy atom. The zero-order chi connectivity index (χ0) is 18.0. The number of benzene rings is 2. The minimum Gasteiger partial charge on any atom is -0.489 e. The zero-order valence-electron chi connectivity index (χ0n) is 15.0. The van der Waals surface area contributed by atoms with Crippen LogP contribution < -0.4 is 15.4 Å². The molecule has 1 unspecified atom stereocenters. The van der Waals surface area contributed by atoms with Crippen LogP contribution in [0.15, 0.2) is 48.5 Å². The second-order valence-corrected chi connectivity index (χ2v) is 7.74. The lowest BCUT2D eigenvalue weighted by Gasteiger charge is -2.23. The number of carbonyl (C=O) groups is 1. The summed E-state index contributed by atoms with van der Waals surface area (Å²) in [5, 5.41) is 7.15. The number of rotatable bonds is 5. The number of hydrogen-bond acceptors (Lipinski definition) is 3. The van der Waals surface area contributed by atoms with Crippen molar-refractivity contribution in [2.24, 2.45) is 11.3 Å². The van der Waals surface area contributed by atoms with E-state index in [0.717, 1.165) is 49.4 Å². The van der Waals surface area contributed by atoms with Crippen molar-refractivity contribution in [1.29, 1.82) is 0 Å². The standard InChI is InChI=1S/C21H23ClN2O2.ClH/c22-16-6-4-15(5-7-16)14-26-18-3-1-2-17(12-18)24-20(25)19-13-21(19)8-10-23-11-9-21;/h1-7,12,19,23H,8-11,13-14H2,(H,24,25);1H. The lowest BCUT2D eigenvalue weighted by atomic mass is 9.92. The summed E-state index contributed by atoms with van der Waals surface area (Å²) in [5.74, 6) is 1.04. The summed E-state index contributed by atoms with van der Waals surface area (Å²) in [4.78, 5) is 12.6. The lowest BCUT2D eigenvalue weighted by molar-refractivity contribution is -0.118. The van der Waals surface area contributed by atoms with E-state index in [1.54, 1.807) is 0 Å². The average molecular weight is 407 g/mol. The maximum atomic E-state index is 12.6. The molecule has 1 heterocycles. The molecule has 1 amide bonds. The third kappa shape index (κ3) is 4.75. The molecule has 144 valence electrons. The summed E-state index contributed by atoms with van der Waals surface area (Å²) in [5.41, 5.74) is 2.09. The predicted molar refractivity (Wildman–Crippen MR) is 111 cm³/mol. The van der Waals surface area contributed by atoms with Crippen LogP contribution in [0.2, 0.25) is 5.02 Å². The highest BCUT2D eigenvalue weighted by Crippen LogP contribution is 2.58. The quantitative estimate of drug-likeness (QED) is 0.758. The van der Waals surface area contributed by atoms with Gasteiger partial charge in [0.15, 0.2) is 0 Å². The Balaban J connectivity index is 0.00000210. The first-order valence-electron chi connectivity index (χ1n) is 9.14. The van der Waals surface area contributed by atoms with Gasteiger partial charge < -0.3 is 15.4 Å². The van der Waals surface area contributed by atoms with Gasteiger partial charge in [-0.25, -0.2) is 0 Å². The largest absolute Gasteiger partial charge is 0.489 e. The van der Waals surface area contributed by atoms with Crippen LogP contribution in [-0.2, 0) is 11.4 Å². The normalized spacial score (nSPS) is 19.8. The van der Waals surface area contributed by atoms with E-state index in [0.29, 0.717) is 11.6 Å². The number of hydrogen-bond donors (Lipinski definition) is 2. The number of amides is 1. The molecule has 4 nitrogen and oxygen atoms in total. The molecule has 1 aliphatic heterocycles. The summed E-state index contributed by atoms with van der Waals surface area (Å²) < 4.78 is 5.84. The van der Waals surface area contributed by atoms with E-state index in [9.17, 15) is 4.79 Å². The Labute approximate surface area is 171 Å². The Morgan fingerprint density at radius 3 is 2.67 bits per heavy atom. The van der Waals surface area contributed by atoms with Crippen LogP contribution in [0.4, 0.5) is 5.69 Å². The first-order valence-corrected chi connectivity index (χ1v) is 9.51. The smallest absolute Gasteiger partial charge is 0.228 e. The van der Waals surface area contributed by atoms with Crippen molar-refractivity contribution in [2.75, 3.05) is 18.4 Å². The van der Waals surface area contributed by atoms with Crippen molar-refractivity contribution >= 4 is 35.6 Å². The number of carbonyl (C=O) groups excluding carboxylic acids is 1. The molecule has 0 aromatic heterocycles. The van der Waals surface area contributed by atoms with Gasteiger partial charge in [-0.2, -0.15) is 0 Å². The first-order chi connectivity index (χ1) is 12.6. The Morgan fingerprint density at radius 1 is 1.19 bits per heavy atom. The highest BCUT2D eigenvalue weighted by molar-refractivity contribution is 6.30. The molecule has 1 atom stereocenters. The van der Waals surface area contributed by atoms with Gasteiger partial charge in [0, 0.05) is 22.7 Å². The molecule has 27 heavy (non-hydrogen) atoms. The highest BCUT2D eigenvalue weighted by Gasteiger charge is 2.57. The number of piperidine rings is 1. The number of ether oxygens (including phenoxy) is 1. The van der Waals surface area contributed by atoms with Gasteiger partial charge in [0.2, 0.25) is 5.91 Å². The second kappa shape index (κ2) is 8.51. The van der Waals surface area contributed by atoms with Crippen LogP contribution >= 0.6 is 24.0 Å². The predicted octanol–water partition coefficient (Wildman–Crippen LogP) is 4.67. The van der Waals surface area contributed by atoms with E-state index >= 15 is 0 Å². The molecule has 0 radical (unpaired) electrons. The van der Waals surface area contributed by atoms with Crippen LogP contribution in [0, 0.1) is 11.3 Å². The van der Waals surface area contributed by atoms with E-state index in [2.05, 4.69) is 10.6 Å². The van der Waals surface area contributed by atoms with Crippen LogP contribution in [0.5, 0.6) is 5.75 Å². The maximum absolute atomic E-state index is 12.6. The third-order valence-corrected chi connectivity index (χ3v) is 5.78. The Kier molecular flexibility index (Phi) is 6.30. The molecule has 2 N–H and O–H groups in total. The van der Waals surface area contributed by atoms with Gasteiger partial charge in [0.1, 0.15) is 12.4 Å². The summed E-state index contributed by atoms with van der Waals surface area (Å²) >= 11 is 5.90. The van der Waals surface area contributed by atoms with E-state index < -0.39 is 0 Å². The minimum atomic E-state index is 0. The van der Waals surface area contributed by atoms with E-state index in [-0.39, 0.29) is 29.6 Å². The first kappa shape index (κ1) is 20.0. The molecule has 2 aliphatic rings. The topological polar surface area (TPSA) is 50.4 Å². The lowest BCUT2D eigenvalue weighted by Crippen LogP contribution is -2.31. The molecule has 1 spiro atoms. The minimum absolute atomic E-state index is 0. The molecule has 4 rings (SSSR count). The van der Waals surface area contributed by atoms with Gasteiger partial charge >= 0.3 is 0 Å². The highest BCUT2D eigenvalue weighted by atomic mass is 35.5. The van der Waals surface area contributed by atoms with Gasteiger partial charge in [-0.1, -0.05) is 29.8 Å². The SMILES string of the molecule is Cl.O=C(Nc1cccc(OCc2ccc(Cl)cc2)c1)C1CC12CCNCC2. The van der Waals surface area contributed by atoms with Crippen molar-refractivity contribution < 1.29 is 9.53 Å². The second-order valence-electron chi connectivity index (χ2n) is 7.30. The van der Waals surface area contributed by atoms with Gasteiger partial charge in [0.25, 0.3) is 0 Å². The fourth-order valence-electron chi connectivity index (χ4n) is 3.84. The molecule has 2 aromatic rings. The van der Waals surface area contributed by atoms with Crippen LogP contribution in [0.1, 0.15) is 24.8 Å². The van der Waals surface area contributed by atoms with Crippen molar-refractivity contribution in [2.45, 2.75) is 25.9 Å². The van der Waals surface area contributed by atoms with Crippen molar-refractivity contribution in [3.8, 4) is 5.75 Å². The summed E-state index contributed by atoms with van der Waals surface area (Å²) in [7, 11) is 0. The number of nitrogens with one attached hydrogen (secondary N) is 2. The molecule has 0 bridgehead atoms. The zero-order valence-corrected chi connectivity index (χ0v) is 16.6. The maximum Gasteiger partial charge on any atom is 0.228 e. The fourth-order valence-corrected chi connectivity index (χ4v) is 3.96. The van der Waals surface area contributed by atoms with E-state index in [4.69, 9.17) is 16.3 Å². The monoisotopic (exact) mass is 406 g/mol. The molecule has 2 aromatic carbocycles. The van der Waals surface area contributed by atoms with Gasteiger partial charge in [-0.3, -0.25) is 4.79 Å². The van der Waals surface area contributed by atoms with Gasteiger partial charge in [-0.15, -0.1) is 12.4 Å². The van der Waals surface area contributed by atoms with Crippen LogP contribution in [0.25, 0.3) is 0 Å². The van der Waals surface area contributed by atoms with Crippen molar-refractivity contribution in [1.82, 2.24) is 5.32 Å². The molecular formula is C21H24Cl2N2O2. The molecular weight excluding hydrogens is 383 g/mol. The third-order valence-electron chi connectivity index (χ3n) is 5.53.